The monoisotopic (exact) mass is 221 g/mol. The summed E-state index contributed by atoms with van der Waals surface area (Å²) in [6, 6.07) is 3.70. The highest BCUT2D eigenvalue weighted by molar-refractivity contribution is 7.17. The molecular weight excluding hydrogens is 214 g/mol. The van der Waals surface area contributed by atoms with Crippen LogP contribution in [0.4, 0.5) is 5.00 Å². The van der Waals surface area contributed by atoms with Gasteiger partial charge in [0.1, 0.15) is 27.6 Å². The van der Waals surface area contributed by atoms with Crippen molar-refractivity contribution in [1.82, 2.24) is 0 Å². The summed E-state index contributed by atoms with van der Waals surface area (Å²) in [5.41, 5.74) is 0.197. The van der Waals surface area contributed by atoms with Crippen LogP contribution in [0.5, 0.6) is 0 Å². The molecule has 0 aliphatic heterocycles. The molecule has 1 N–H and O–H groups in total. The number of nitrogens with zero attached hydrogens (tertiary/aromatic N) is 2. The van der Waals surface area contributed by atoms with Gasteiger partial charge in [0.2, 0.25) is 0 Å². The second kappa shape index (κ2) is 4.45. The van der Waals surface area contributed by atoms with E-state index in [2.05, 4.69) is 10.1 Å². The molecule has 1 aromatic rings. The van der Waals surface area contributed by atoms with Gasteiger partial charge in [-0.05, 0) is 0 Å². The van der Waals surface area contributed by atoms with E-state index in [9.17, 15) is 4.79 Å². The van der Waals surface area contributed by atoms with Crippen LogP contribution in [-0.4, -0.2) is 20.1 Å². The normalized spacial score (nSPS) is 8.80. The van der Waals surface area contributed by atoms with Crippen LogP contribution >= 0.6 is 11.3 Å². The van der Waals surface area contributed by atoms with Crippen molar-refractivity contribution in [2.45, 2.75) is 0 Å². The van der Waals surface area contributed by atoms with E-state index in [4.69, 9.17) is 10.5 Å². The molecule has 0 aliphatic rings. The molecule has 0 bridgehead atoms. The SMILES string of the molecule is CNc1sc(C#N)c(C#N)c1C(=O)OC. The molecule has 0 fully saturated rings. The highest BCUT2D eigenvalue weighted by Crippen LogP contribution is 2.32. The van der Waals surface area contributed by atoms with Crippen LogP contribution in [0.25, 0.3) is 0 Å². The minimum Gasteiger partial charge on any atom is -0.465 e. The summed E-state index contributed by atoms with van der Waals surface area (Å²) in [6.45, 7) is 0. The Labute approximate surface area is 90.5 Å². The molecule has 15 heavy (non-hydrogen) atoms. The highest BCUT2D eigenvalue weighted by atomic mass is 32.1. The average molecular weight is 221 g/mol. The van der Waals surface area contributed by atoms with Gasteiger partial charge in [0.25, 0.3) is 0 Å². The first-order valence-electron chi connectivity index (χ1n) is 3.92. The van der Waals surface area contributed by atoms with E-state index in [1.807, 2.05) is 12.1 Å². The third-order valence-corrected chi connectivity index (χ3v) is 2.85. The Morgan fingerprint density at radius 1 is 1.47 bits per heavy atom. The molecule has 5 nitrogen and oxygen atoms in total. The molecule has 0 radical (unpaired) electrons. The Balaban J connectivity index is 3.47. The lowest BCUT2D eigenvalue weighted by Crippen LogP contribution is -2.05. The molecule has 1 heterocycles. The van der Waals surface area contributed by atoms with Crippen LogP contribution in [0.3, 0.4) is 0 Å². The number of carbonyl (C=O) groups is 1. The molecule has 6 heteroatoms. The van der Waals surface area contributed by atoms with Crippen molar-refractivity contribution in [2.24, 2.45) is 0 Å². The van der Waals surface area contributed by atoms with Crippen LogP contribution in [0.1, 0.15) is 20.8 Å². The topological polar surface area (TPSA) is 85.9 Å². The van der Waals surface area contributed by atoms with Gasteiger partial charge in [0, 0.05) is 7.05 Å². The van der Waals surface area contributed by atoms with Gasteiger partial charge in [-0.15, -0.1) is 11.3 Å². The fourth-order valence-electron chi connectivity index (χ4n) is 1.09. The van der Waals surface area contributed by atoms with Crippen molar-refractivity contribution in [3.63, 3.8) is 0 Å². The van der Waals surface area contributed by atoms with Gasteiger partial charge in [-0.25, -0.2) is 4.79 Å². The zero-order valence-corrected chi connectivity index (χ0v) is 8.94. The number of hydrogen-bond donors (Lipinski definition) is 1. The summed E-state index contributed by atoms with van der Waals surface area (Å²) < 4.78 is 4.55. The molecule has 0 spiro atoms. The van der Waals surface area contributed by atoms with E-state index in [-0.39, 0.29) is 16.0 Å². The molecular formula is C9H7N3O2S. The number of methoxy groups -OCH3 is 1. The van der Waals surface area contributed by atoms with Crippen molar-refractivity contribution in [1.29, 1.82) is 10.5 Å². The van der Waals surface area contributed by atoms with E-state index in [1.165, 1.54) is 7.11 Å². The molecule has 0 aromatic carbocycles. The van der Waals surface area contributed by atoms with E-state index in [0.29, 0.717) is 5.00 Å². The Bertz CT molecular complexity index is 479. The lowest BCUT2D eigenvalue weighted by molar-refractivity contribution is 0.0602. The largest absolute Gasteiger partial charge is 0.465 e. The van der Waals surface area contributed by atoms with Crippen LogP contribution in [0.2, 0.25) is 0 Å². The van der Waals surface area contributed by atoms with Gasteiger partial charge in [0.05, 0.1) is 12.7 Å². The number of ether oxygens (including phenoxy) is 1. The number of nitriles is 2. The van der Waals surface area contributed by atoms with Crippen LogP contribution in [0.15, 0.2) is 0 Å². The van der Waals surface area contributed by atoms with Crippen molar-refractivity contribution in [3.05, 3.63) is 16.0 Å². The molecule has 76 valence electrons. The number of hydrogen-bond acceptors (Lipinski definition) is 6. The van der Waals surface area contributed by atoms with Crippen LogP contribution < -0.4 is 5.32 Å². The summed E-state index contributed by atoms with van der Waals surface area (Å²) >= 11 is 1.06. The van der Waals surface area contributed by atoms with Gasteiger partial charge in [0.15, 0.2) is 0 Å². The first kappa shape index (κ1) is 11.0. The number of carbonyl (C=O) groups excluding carboxylic acids is 1. The Kier molecular flexibility index (Phi) is 3.27. The zero-order valence-electron chi connectivity index (χ0n) is 8.12. The third-order valence-electron chi connectivity index (χ3n) is 1.74. The molecule has 0 aliphatic carbocycles. The maximum absolute atomic E-state index is 11.4. The van der Waals surface area contributed by atoms with Gasteiger partial charge in [-0.2, -0.15) is 10.5 Å². The number of nitrogens with one attached hydrogen (secondary N) is 1. The molecule has 0 saturated heterocycles. The second-order valence-corrected chi connectivity index (χ2v) is 3.50. The Morgan fingerprint density at radius 3 is 2.53 bits per heavy atom. The summed E-state index contributed by atoms with van der Waals surface area (Å²) in [5.74, 6) is -0.617. The predicted molar refractivity (Wildman–Crippen MR) is 54.6 cm³/mol. The van der Waals surface area contributed by atoms with Crippen LogP contribution in [-0.2, 0) is 4.74 Å². The first-order valence-corrected chi connectivity index (χ1v) is 4.74. The maximum atomic E-state index is 11.4. The lowest BCUT2D eigenvalue weighted by Gasteiger charge is -2.00. The summed E-state index contributed by atoms with van der Waals surface area (Å²) in [7, 11) is 2.84. The lowest BCUT2D eigenvalue weighted by atomic mass is 10.1. The molecule has 0 saturated carbocycles. The van der Waals surface area contributed by atoms with Gasteiger partial charge in [-0.3, -0.25) is 0 Å². The van der Waals surface area contributed by atoms with Gasteiger partial charge in [-0.1, -0.05) is 0 Å². The Hall–Kier alpha value is -2.05. The molecule has 0 unspecified atom stereocenters. The van der Waals surface area contributed by atoms with E-state index in [1.54, 1.807) is 7.05 Å². The zero-order chi connectivity index (χ0) is 11.4. The Morgan fingerprint density at radius 2 is 2.13 bits per heavy atom. The van der Waals surface area contributed by atoms with Crippen LogP contribution in [0, 0.1) is 22.7 Å². The molecule has 0 atom stereocenters. The summed E-state index contributed by atoms with van der Waals surface area (Å²) in [5, 5.41) is 20.8. The summed E-state index contributed by atoms with van der Waals surface area (Å²) in [4.78, 5) is 11.6. The van der Waals surface area contributed by atoms with Crippen molar-refractivity contribution in [3.8, 4) is 12.1 Å². The number of rotatable bonds is 2. The van der Waals surface area contributed by atoms with Gasteiger partial charge >= 0.3 is 5.97 Å². The van der Waals surface area contributed by atoms with Crippen molar-refractivity contribution in [2.75, 3.05) is 19.5 Å². The molecule has 1 aromatic heterocycles. The average Bonchev–Trinajstić information content (AvgIpc) is 2.65. The van der Waals surface area contributed by atoms with E-state index >= 15 is 0 Å². The number of anilines is 1. The maximum Gasteiger partial charge on any atom is 0.342 e. The summed E-state index contributed by atoms with van der Waals surface area (Å²) in [6.07, 6.45) is 0. The highest BCUT2D eigenvalue weighted by Gasteiger charge is 2.23. The smallest absolute Gasteiger partial charge is 0.342 e. The third kappa shape index (κ3) is 1.76. The minimum atomic E-state index is -0.617. The second-order valence-electron chi connectivity index (χ2n) is 2.48. The van der Waals surface area contributed by atoms with E-state index in [0.717, 1.165) is 11.3 Å². The van der Waals surface area contributed by atoms with Crippen molar-refractivity contribution >= 4 is 22.3 Å². The fourth-order valence-corrected chi connectivity index (χ4v) is 1.98. The molecule has 0 amide bonds. The standard InChI is InChI=1S/C9H7N3O2S/c1-12-8-7(9(13)14-2)5(3-10)6(4-11)15-8/h12H,1-2H3. The van der Waals surface area contributed by atoms with E-state index < -0.39 is 5.97 Å². The quantitative estimate of drug-likeness (QED) is 0.761. The van der Waals surface area contributed by atoms with Crippen molar-refractivity contribution < 1.29 is 9.53 Å². The fraction of sp³-hybridized carbons (Fsp3) is 0.222. The van der Waals surface area contributed by atoms with Gasteiger partial charge < -0.3 is 10.1 Å². The number of esters is 1. The molecule has 1 rings (SSSR count). The number of thiophene rings is 1. The first-order chi connectivity index (χ1) is 7.19. The predicted octanol–water partition coefficient (Wildman–Crippen LogP) is 1.32. The minimum absolute atomic E-state index is 0.0682.